The van der Waals surface area contributed by atoms with Crippen LogP contribution in [0.2, 0.25) is 0 Å². The summed E-state index contributed by atoms with van der Waals surface area (Å²) in [6, 6.07) is 0. The van der Waals surface area contributed by atoms with E-state index in [1.165, 1.54) is 0 Å². The Hall–Kier alpha value is -0.900. The van der Waals surface area contributed by atoms with Gasteiger partial charge in [0.05, 0.1) is 0 Å². The molecule has 100 valence electrons. The van der Waals surface area contributed by atoms with Crippen molar-refractivity contribution in [2.45, 2.75) is 17.8 Å². The van der Waals surface area contributed by atoms with Gasteiger partial charge < -0.3 is 8.58 Å². The van der Waals surface area contributed by atoms with Crippen molar-refractivity contribution < 1.29 is 44.5 Å². The fraction of sp³-hybridized carbons (Fsp3) is 0.600. The fourth-order valence-corrected chi connectivity index (χ4v) is 0.744. The van der Waals surface area contributed by atoms with Gasteiger partial charge in [-0.15, -0.1) is 0 Å². The Morgan fingerprint density at radius 3 is 1.18 bits per heavy atom. The second-order valence-corrected chi connectivity index (χ2v) is 2.76. The van der Waals surface area contributed by atoms with E-state index in [9.17, 15) is 35.9 Å². The molecule has 0 aromatic carbocycles. The number of carbonyl (C=O) groups excluding carboxylic acids is 2. The maximum absolute atomic E-state index is 12.6. The second-order valence-electron chi connectivity index (χ2n) is 2.45. The second kappa shape index (κ2) is 4.77. The summed E-state index contributed by atoms with van der Waals surface area (Å²) in [5, 5.41) is 0. The molecule has 12 heteroatoms. The van der Waals surface area contributed by atoms with E-state index in [1.807, 2.05) is 0 Å². The van der Waals surface area contributed by atoms with Crippen molar-refractivity contribution in [3.05, 3.63) is 0 Å². The Kier molecular flexibility index (Phi) is 4.51. The number of halogens is 8. The van der Waals surface area contributed by atoms with Gasteiger partial charge in [0.25, 0.3) is 0 Å². The molecule has 0 aromatic rings. The topological polar surface area (TPSA) is 52.6 Å². The van der Waals surface area contributed by atoms with Crippen LogP contribution in [0.3, 0.4) is 0 Å². The molecule has 17 heavy (non-hydrogen) atoms. The highest BCUT2D eigenvalue weighted by Gasteiger charge is 2.79. The first-order valence-corrected chi connectivity index (χ1v) is 3.88. The first kappa shape index (κ1) is 16.1. The van der Waals surface area contributed by atoms with E-state index in [0.29, 0.717) is 0 Å². The first-order chi connectivity index (χ1) is 7.46. The van der Waals surface area contributed by atoms with Gasteiger partial charge in [-0.2, -0.15) is 26.3 Å². The quantitative estimate of drug-likeness (QED) is 0.748. The van der Waals surface area contributed by atoms with Crippen LogP contribution >= 0.6 is 23.7 Å². The number of alkyl halides is 6. The third-order valence-corrected chi connectivity index (χ3v) is 1.72. The lowest BCUT2D eigenvalue weighted by Gasteiger charge is -2.27. The molecule has 0 spiro atoms. The van der Waals surface area contributed by atoms with Gasteiger partial charge in [0.2, 0.25) is 0 Å². The van der Waals surface area contributed by atoms with Crippen LogP contribution in [-0.4, -0.2) is 29.7 Å². The highest BCUT2D eigenvalue weighted by atomic mass is 35.5. The standard InChI is InChI=1S/C5Cl2F6O4/c6-16-1(14)3(8,9)5(12,13)4(10,11)2(15)17-7. The molecule has 0 N–H and O–H groups in total. The van der Waals surface area contributed by atoms with Crippen LogP contribution in [0.25, 0.3) is 0 Å². The lowest BCUT2D eigenvalue weighted by molar-refractivity contribution is -0.296. The molecule has 0 radical (unpaired) electrons. The van der Waals surface area contributed by atoms with Crippen LogP contribution in [0.4, 0.5) is 26.3 Å². The average molecular weight is 309 g/mol. The normalized spacial score (nSPS) is 13.2. The summed E-state index contributed by atoms with van der Waals surface area (Å²) in [4.78, 5) is 20.3. The van der Waals surface area contributed by atoms with Crippen LogP contribution in [-0.2, 0) is 18.2 Å². The molecule has 4 nitrogen and oxygen atoms in total. The molecule has 0 rings (SSSR count). The van der Waals surface area contributed by atoms with Gasteiger partial charge >= 0.3 is 29.7 Å². The highest BCUT2D eigenvalue weighted by Crippen LogP contribution is 2.47. The van der Waals surface area contributed by atoms with Crippen LogP contribution in [0.5, 0.6) is 0 Å². The van der Waals surface area contributed by atoms with Crippen LogP contribution in [0, 0.1) is 0 Å². The molecule has 0 aliphatic rings. The Morgan fingerprint density at radius 1 is 0.765 bits per heavy atom. The van der Waals surface area contributed by atoms with E-state index in [2.05, 4.69) is 32.3 Å². The van der Waals surface area contributed by atoms with Gasteiger partial charge in [-0.3, -0.25) is 0 Å². The molecular formula is C5Cl2F6O4. The monoisotopic (exact) mass is 308 g/mol. The first-order valence-electron chi connectivity index (χ1n) is 3.26. The molecule has 0 unspecified atom stereocenters. The molecule has 0 aliphatic heterocycles. The van der Waals surface area contributed by atoms with Gasteiger partial charge in [-0.25, -0.2) is 9.59 Å². The average Bonchev–Trinajstić information content (AvgIpc) is 2.25. The van der Waals surface area contributed by atoms with Gasteiger partial charge in [0.15, 0.2) is 0 Å². The van der Waals surface area contributed by atoms with Crippen molar-refractivity contribution in [2.75, 3.05) is 0 Å². The summed E-state index contributed by atoms with van der Waals surface area (Å²) in [5.74, 6) is -24.9. The molecule has 0 saturated carbocycles. The Balaban J connectivity index is 5.54. The Bertz CT molecular complexity index is 302. The highest BCUT2D eigenvalue weighted by molar-refractivity contribution is 6.15. The molecule has 0 atom stereocenters. The zero-order chi connectivity index (χ0) is 14.1. The Labute approximate surface area is 98.7 Å². The van der Waals surface area contributed by atoms with E-state index >= 15 is 0 Å². The van der Waals surface area contributed by atoms with Crippen molar-refractivity contribution in [1.29, 1.82) is 0 Å². The number of hydrogen-bond donors (Lipinski definition) is 0. The largest absolute Gasteiger partial charge is 0.412 e. The minimum absolute atomic E-state index is 2.69. The van der Waals surface area contributed by atoms with Crippen molar-refractivity contribution in [2.24, 2.45) is 0 Å². The molecule has 0 bridgehead atoms. The summed E-state index contributed by atoms with van der Waals surface area (Å²) in [6.45, 7) is 0. The third-order valence-electron chi connectivity index (χ3n) is 1.44. The summed E-state index contributed by atoms with van der Waals surface area (Å²) in [6.07, 6.45) is 0. The zero-order valence-electron chi connectivity index (χ0n) is 7.16. The van der Waals surface area contributed by atoms with Crippen molar-refractivity contribution >= 4 is 35.7 Å². The SMILES string of the molecule is O=C(OCl)C(F)(F)C(F)(F)C(F)(F)C(=O)OCl. The van der Waals surface area contributed by atoms with Crippen molar-refractivity contribution in [1.82, 2.24) is 0 Å². The number of rotatable bonds is 4. The predicted octanol–water partition coefficient (Wildman–Crippen LogP) is 2.29. The van der Waals surface area contributed by atoms with E-state index in [4.69, 9.17) is 0 Å². The Morgan fingerprint density at radius 2 is 1.00 bits per heavy atom. The zero-order valence-corrected chi connectivity index (χ0v) is 8.67. The van der Waals surface area contributed by atoms with Crippen molar-refractivity contribution in [3.63, 3.8) is 0 Å². The predicted molar refractivity (Wildman–Crippen MR) is 38.7 cm³/mol. The van der Waals surface area contributed by atoms with Crippen LogP contribution in [0.1, 0.15) is 0 Å². The third kappa shape index (κ3) is 2.37. The van der Waals surface area contributed by atoms with E-state index < -0.39 is 29.7 Å². The van der Waals surface area contributed by atoms with E-state index in [1.54, 1.807) is 0 Å². The van der Waals surface area contributed by atoms with Crippen molar-refractivity contribution in [3.8, 4) is 0 Å². The lowest BCUT2D eigenvalue weighted by Crippen LogP contribution is -2.61. The number of carbonyl (C=O) groups is 2. The fourth-order valence-electron chi connectivity index (χ4n) is 0.550. The molecule has 0 saturated heterocycles. The van der Waals surface area contributed by atoms with Crippen LogP contribution in [0.15, 0.2) is 0 Å². The van der Waals surface area contributed by atoms with Crippen LogP contribution < -0.4 is 0 Å². The molecule has 0 heterocycles. The molecular weight excluding hydrogens is 309 g/mol. The maximum atomic E-state index is 12.6. The maximum Gasteiger partial charge on any atom is 0.412 e. The molecule has 0 aromatic heterocycles. The lowest BCUT2D eigenvalue weighted by atomic mass is 10.1. The number of hydrogen-bond acceptors (Lipinski definition) is 4. The minimum atomic E-state index is -6.45. The van der Waals surface area contributed by atoms with E-state index in [0.717, 1.165) is 0 Å². The van der Waals surface area contributed by atoms with Gasteiger partial charge in [-0.05, 0) is 0 Å². The smallest absolute Gasteiger partial charge is 0.342 e. The summed E-state index contributed by atoms with van der Waals surface area (Å²) >= 11 is 8.11. The van der Waals surface area contributed by atoms with E-state index in [-0.39, 0.29) is 0 Å². The molecule has 0 aliphatic carbocycles. The van der Waals surface area contributed by atoms with Gasteiger partial charge in [0.1, 0.15) is 23.7 Å². The summed E-state index contributed by atoms with van der Waals surface area (Å²) in [7, 11) is 0. The molecule has 0 amide bonds. The van der Waals surface area contributed by atoms with Gasteiger partial charge in [-0.1, -0.05) is 0 Å². The summed E-state index contributed by atoms with van der Waals surface area (Å²) < 4.78 is 80.9. The molecule has 0 fully saturated rings. The minimum Gasteiger partial charge on any atom is -0.342 e. The van der Waals surface area contributed by atoms with Gasteiger partial charge in [0, 0.05) is 0 Å². The summed E-state index contributed by atoms with van der Waals surface area (Å²) in [5.41, 5.74) is 0.